The number of anilines is 2. The molecule has 0 spiro atoms. The predicted molar refractivity (Wildman–Crippen MR) is 80.0 cm³/mol. The number of hydrogen-bond donors (Lipinski definition) is 1. The molecule has 102 valence electrons. The largest absolute Gasteiger partial charge is 0.370 e. The van der Waals surface area contributed by atoms with Crippen molar-refractivity contribution in [1.82, 2.24) is 0 Å². The second-order valence-electron chi connectivity index (χ2n) is 5.14. The zero-order chi connectivity index (χ0) is 14.4. The minimum Gasteiger partial charge on any atom is -0.370 e. The summed E-state index contributed by atoms with van der Waals surface area (Å²) in [6.45, 7) is 4.37. The van der Waals surface area contributed by atoms with E-state index in [4.69, 9.17) is 10.5 Å². The maximum atomic E-state index is 8.77. The van der Waals surface area contributed by atoms with Crippen LogP contribution >= 0.6 is 0 Å². The Labute approximate surface area is 119 Å². The third kappa shape index (κ3) is 3.30. The molecule has 1 N–H and O–H groups in total. The van der Waals surface area contributed by atoms with Crippen molar-refractivity contribution in [2.24, 2.45) is 5.92 Å². The van der Waals surface area contributed by atoms with E-state index < -0.39 is 0 Å². The molecule has 1 aliphatic heterocycles. The molecule has 4 heteroatoms. The summed E-state index contributed by atoms with van der Waals surface area (Å²) >= 11 is 0. The number of para-hydroxylation sites is 2. The highest BCUT2D eigenvalue weighted by Crippen LogP contribution is 2.29. The molecule has 4 nitrogen and oxygen atoms in total. The van der Waals surface area contributed by atoms with E-state index >= 15 is 0 Å². The molecule has 0 amide bonds. The van der Waals surface area contributed by atoms with Gasteiger partial charge >= 0.3 is 0 Å². The minimum absolute atomic E-state index is 0.0758. The zero-order valence-corrected chi connectivity index (χ0v) is 11.6. The van der Waals surface area contributed by atoms with Crippen LogP contribution in [0.5, 0.6) is 0 Å². The highest BCUT2D eigenvalue weighted by atomic mass is 15.2. The van der Waals surface area contributed by atoms with Crippen molar-refractivity contribution in [1.29, 1.82) is 10.5 Å². The van der Waals surface area contributed by atoms with Crippen LogP contribution in [0.1, 0.15) is 19.8 Å². The molecule has 0 aliphatic carbocycles. The van der Waals surface area contributed by atoms with E-state index in [9.17, 15) is 0 Å². The third-order valence-electron chi connectivity index (χ3n) is 3.51. The van der Waals surface area contributed by atoms with Crippen LogP contribution in [0, 0.1) is 28.6 Å². The number of allylic oxidation sites excluding steroid dienone is 1. The summed E-state index contributed by atoms with van der Waals surface area (Å²) in [5, 5.41) is 20.6. The lowest BCUT2D eigenvalue weighted by atomic mass is 9.99. The van der Waals surface area contributed by atoms with Gasteiger partial charge in [0, 0.05) is 19.3 Å². The van der Waals surface area contributed by atoms with Crippen molar-refractivity contribution in [3.05, 3.63) is 36.0 Å². The normalized spacial score (nSPS) is 17.8. The molecule has 1 atom stereocenters. The van der Waals surface area contributed by atoms with Gasteiger partial charge < -0.3 is 10.2 Å². The summed E-state index contributed by atoms with van der Waals surface area (Å²) in [6.07, 6.45) is 3.94. The van der Waals surface area contributed by atoms with Gasteiger partial charge in [0.25, 0.3) is 0 Å². The number of hydrogen-bond acceptors (Lipinski definition) is 4. The fraction of sp³-hybridized carbons (Fsp3) is 0.375. The number of nitriles is 2. The summed E-state index contributed by atoms with van der Waals surface area (Å²) in [5.41, 5.74) is 2.14. The molecule has 1 aliphatic rings. The van der Waals surface area contributed by atoms with Gasteiger partial charge in [-0.25, -0.2) is 0 Å². The molecule has 0 radical (unpaired) electrons. The maximum absolute atomic E-state index is 8.77. The van der Waals surface area contributed by atoms with Crippen LogP contribution in [0.25, 0.3) is 0 Å². The first-order valence-electron chi connectivity index (χ1n) is 6.85. The molecular weight excluding hydrogens is 248 g/mol. The minimum atomic E-state index is 0.0758. The number of nitrogens with one attached hydrogen (secondary N) is 1. The highest BCUT2D eigenvalue weighted by Gasteiger charge is 2.18. The van der Waals surface area contributed by atoms with Gasteiger partial charge in [-0.05, 0) is 30.9 Å². The molecule has 1 heterocycles. The number of nitrogens with zero attached hydrogens (tertiary/aromatic N) is 3. The molecule has 2 rings (SSSR count). The molecule has 1 saturated heterocycles. The lowest BCUT2D eigenvalue weighted by Crippen LogP contribution is -2.34. The van der Waals surface area contributed by atoms with Gasteiger partial charge in [0.05, 0.1) is 11.4 Å². The smallest absolute Gasteiger partial charge is 0.145 e. The van der Waals surface area contributed by atoms with Crippen LogP contribution in [0.2, 0.25) is 0 Å². The Balaban J connectivity index is 2.20. The Morgan fingerprint density at radius 3 is 2.80 bits per heavy atom. The molecule has 0 saturated carbocycles. The average Bonchev–Trinajstić information content (AvgIpc) is 2.49. The third-order valence-corrected chi connectivity index (χ3v) is 3.51. The first-order valence-corrected chi connectivity index (χ1v) is 6.85. The molecular formula is C16H18N4. The standard InChI is InChI=1S/C16H18N4/c1-13-5-4-8-20(12-13)16-7-3-2-6-15(16)19-11-14(9-17)10-18/h2-3,6-7,11,13,19H,4-5,8,12H2,1H3. The molecule has 0 bridgehead atoms. The second kappa shape index (κ2) is 6.63. The van der Waals surface area contributed by atoms with Crippen molar-refractivity contribution < 1.29 is 0 Å². The molecule has 1 aromatic rings. The van der Waals surface area contributed by atoms with Crippen molar-refractivity contribution in [2.75, 3.05) is 23.3 Å². The molecule has 20 heavy (non-hydrogen) atoms. The van der Waals surface area contributed by atoms with Crippen molar-refractivity contribution in [2.45, 2.75) is 19.8 Å². The molecule has 1 aromatic carbocycles. The number of rotatable bonds is 3. The van der Waals surface area contributed by atoms with Crippen LogP contribution in [-0.2, 0) is 0 Å². The highest BCUT2D eigenvalue weighted by molar-refractivity contribution is 5.71. The lowest BCUT2D eigenvalue weighted by molar-refractivity contribution is 0.447. The molecule has 1 fully saturated rings. The summed E-state index contributed by atoms with van der Waals surface area (Å²) in [6, 6.07) is 11.7. The summed E-state index contributed by atoms with van der Waals surface area (Å²) in [7, 11) is 0. The first kappa shape index (κ1) is 14.0. The van der Waals surface area contributed by atoms with Crippen LogP contribution in [0.4, 0.5) is 11.4 Å². The Morgan fingerprint density at radius 2 is 2.10 bits per heavy atom. The van der Waals surface area contributed by atoms with Gasteiger partial charge in [-0.15, -0.1) is 0 Å². The van der Waals surface area contributed by atoms with Gasteiger partial charge in [-0.2, -0.15) is 10.5 Å². The van der Waals surface area contributed by atoms with Gasteiger partial charge in [0.15, 0.2) is 0 Å². The van der Waals surface area contributed by atoms with Crippen LogP contribution in [-0.4, -0.2) is 13.1 Å². The van der Waals surface area contributed by atoms with Crippen molar-refractivity contribution in [3.8, 4) is 12.1 Å². The maximum Gasteiger partial charge on any atom is 0.145 e. The second-order valence-corrected chi connectivity index (χ2v) is 5.14. The lowest BCUT2D eigenvalue weighted by Gasteiger charge is -2.34. The van der Waals surface area contributed by atoms with E-state index in [0.29, 0.717) is 5.92 Å². The fourth-order valence-electron chi connectivity index (χ4n) is 2.52. The zero-order valence-electron chi connectivity index (χ0n) is 11.6. The van der Waals surface area contributed by atoms with E-state index in [0.717, 1.165) is 24.5 Å². The monoisotopic (exact) mass is 266 g/mol. The van der Waals surface area contributed by atoms with Crippen LogP contribution in [0.3, 0.4) is 0 Å². The van der Waals surface area contributed by atoms with E-state index in [-0.39, 0.29) is 5.57 Å². The van der Waals surface area contributed by atoms with Gasteiger partial charge in [-0.3, -0.25) is 0 Å². The van der Waals surface area contributed by atoms with Crippen molar-refractivity contribution >= 4 is 11.4 Å². The number of benzene rings is 1. The SMILES string of the molecule is CC1CCCN(c2ccccc2NC=C(C#N)C#N)C1. The van der Waals surface area contributed by atoms with Gasteiger partial charge in [0.1, 0.15) is 17.7 Å². The van der Waals surface area contributed by atoms with Gasteiger partial charge in [-0.1, -0.05) is 19.1 Å². The Kier molecular flexibility index (Phi) is 4.63. The first-order chi connectivity index (χ1) is 9.74. The van der Waals surface area contributed by atoms with E-state index in [1.54, 1.807) is 0 Å². The summed E-state index contributed by atoms with van der Waals surface area (Å²) in [5.74, 6) is 0.695. The van der Waals surface area contributed by atoms with Crippen LogP contribution < -0.4 is 10.2 Å². The van der Waals surface area contributed by atoms with E-state index in [1.165, 1.54) is 19.0 Å². The average molecular weight is 266 g/mol. The predicted octanol–water partition coefficient (Wildman–Crippen LogP) is 3.27. The Morgan fingerprint density at radius 1 is 1.35 bits per heavy atom. The topological polar surface area (TPSA) is 62.9 Å². The molecule has 0 aromatic heterocycles. The van der Waals surface area contributed by atoms with Crippen molar-refractivity contribution in [3.63, 3.8) is 0 Å². The summed E-state index contributed by atoms with van der Waals surface area (Å²) in [4.78, 5) is 2.36. The Hall–Kier alpha value is -2.46. The molecule has 1 unspecified atom stereocenters. The fourth-order valence-corrected chi connectivity index (χ4v) is 2.52. The quantitative estimate of drug-likeness (QED) is 0.853. The van der Waals surface area contributed by atoms with E-state index in [2.05, 4.69) is 23.2 Å². The Bertz CT molecular complexity index is 561. The number of piperidine rings is 1. The summed E-state index contributed by atoms with van der Waals surface area (Å²) < 4.78 is 0. The van der Waals surface area contributed by atoms with Gasteiger partial charge in [0.2, 0.25) is 0 Å². The van der Waals surface area contributed by atoms with E-state index in [1.807, 2.05) is 30.3 Å². The van der Waals surface area contributed by atoms with Crippen LogP contribution in [0.15, 0.2) is 36.0 Å².